The second-order valence-corrected chi connectivity index (χ2v) is 6.93. The van der Waals surface area contributed by atoms with Crippen LogP contribution in [0.15, 0.2) is 45.9 Å². The molecule has 2 aromatic rings. The Labute approximate surface area is 136 Å². The summed E-state index contributed by atoms with van der Waals surface area (Å²) in [6.45, 7) is 2.42. The molecule has 1 aromatic carbocycles. The molecule has 1 N–H and O–H groups in total. The van der Waals surface area contributed by atoms with E-state index in [2.05, 4.69) is 25.6 Å². The van der Waals surface area contributed by atoms with E-state index in [-0.39, 0.29) is 10.0 Å². The number of hydrogen-bond acceptors (Lipinski definition) is 4. The Kier molecular flexibility index (Phi) is 5.08. The van der Waals surface area contributed by atoms with Crippen molar-refractivity contribution in [2.24, 2.45) is 0 Å². The number of halogens is 2. The maximum atomic E-state index is 12.3. The quantitative estimate of drug-likeness (QED) is 0.789. The van der Waals surface area contributed by atoms with Crippen molar-refractivity contribution in [3.63, 3.8) is 0 Å². The van der Waals surface area contributed by atoms with Crippen molar-refractivity contribution in [2.45, 2.75) is 11.8 Å². The van der Waals surface area contributed by atoms with Crippen LogP contribution in [-0.2, 0) is 10.0 Å². The molecule has 0 radical (unpaired) electrons. The molecular formula is C13H12BrClN2O3S. The lowest BCUT2D eigenvalue weighted by Crippen LogP contribution is -2.14. The van der Waals surface area contributed by atoms with Crippen LogP contribution < -0.4 is 9.46 Å². The average Bonchev–Trinajstić information content (AvgIpc) is 2.43. The first-order valence-corrected chi connectivity index (χ1v) is 8.64. The van der Waals surface area contributed by atoms with Gasteiger partial charge in [0.15, 0.2) is 0 Å². The second kappa shape index (κ2) is 6.64. The molecule has 0 bridgehead atoms. The van der Waals surface area contributed by atoms with E-state index in [1.165, 1.54) is 12.3 Å². The van der Waals surface area contributed by atoms with E-state index in [0.29, 0.717) is 22.5 Å². The third-order valence-corrected chi connectivity index (χ3v) is 4.72. The molecule has 0 fully saturated rings. The molecule has 0 spiro atoms. The lowest BCUT2D eigenvalue weighted by molar-refractivity contribution is 0.340. The van der Waals surface area contributed by atoms with Gasteiger partial charge >= 0.3 is 0 Å². The smallest absolute Gasteiger partial charge is 0.265 e. The third-order valence-electron chi connectivity index (χ3n) is 2.48. The van der Waals surface area contributed by atoms with Gasteiger partial charge in [-0.15, -0.1) is 0 Å². The number of benzene rings is 1. The van der Waals surface area contributed by atoms with Crippen LogP contribution in [-0.4, -0.2) is 20.0 Å². The van der Waals surface area contributed by atoms with Gasteiger partial charge in [0.05, 0.1) is 6.61 Å². The fraction of sp³-hybridized carbons (Fsp3) is 0.154. The molecule has 0 unspecified atom stereocenters. The molecule has 2 rings (SSSR count). The first kappa shape index (κ1) is 16.1. The van der Waals surface area contributed by atoms with Gasteiger partial charge < -0.3 is 4.74 Å². The van der Waals surface area contributed by atoms with E-state index < -0.39 is 10.0 Å². The van der Waals surface area contributed by atoms with Crippen LogP contribution in [0.3, 0.4) is 0 Å². The summed E-state index contributed by atoms with van der Waals surface area (Å²) < 4.78 is 32.9. The lowest BCUT2D eigenvalue weighted by Gasteiger charge is -2.10. The maximum Gasteiger partial charge on any atom is 0.265 e. The van der Waals surface area contributed by atoms with Crippen molar-refractivity contribution in [3.8, 4) is 5.75 Å². The number of hydrogen-bond donors (Lipinski definition) is 1. The van der Waals surface area contributed by atoms with Crippen molar-refractivity contribution in [3.05, 3.63) is 46.2 Å². The third kappa shape index (κ3) is 4.09. The number of nitrogens with one attached hydrogen (secondary N) is 1. The highest BCUT2D eigenvalue weighted by Crippen LogP contribution is 2.25. The minimum atomic E-state index is -3.81. The van der Waals surface area contributed by atoms with Crippen molar-refractivity contribution >= 4 is 43.2 Å². The molecule has 0 aliphatic carbocycles. The van der Waals surface area contributed by atoms with Gasteiger partial charge in [0.2, 0.25) is 0 Å². The second-order valence-electron chi connectivity index (χ2n) is 4.01. The number of pyridine rings is 1. The summed E-state index contributed by atoms with van der Waals surface area (Å²) in [5, 5.41) is -0.0864. The number of ether oxygens (including phenoxy) is 1. The molecule has 0 atom stereocenters. The van der Waals surface area contributed by atoms with Gasteiger partial charge in [-0.2, -0.15) is 0 Å². The van der Waals surface area contributed by atoms with E-state index in [0.717, 1.165) is 0 Å². The normalized spacial score (nSPS) is 11.2. The molecule has 0 amide bonds. The standard InChI is InChI=1S/C13H12BrClN2O3S/c1-2-20-11-5-3-10(4-6-11)17-21(18,19)12-7-9(14)8-16-13(12)15/h3-8,17H,2H2,1H3. The molecule has 0 aliphatic rings. The van der Waals surface area contributed by atoms with Gasteiger partial charge in [0.1, 0.15) is 15.8 Å². The van der Waals surface area contributed by atoms with Crippen LogP contribution in [0, 0.1) is 0 Å². The van der Waals surface area contributed by atoms with E-state index in [1.54, 1.807) is 24.3 Å². The number of nitrogens with zero attached hydrogens (tertiary/aromatic N) is 1. The van der Waals surface area contributed by atoms with E-state index in [4.69, 9.17) is 16.3 Å². The highest BCUT2D eigenvalue weighted by Gasteiger charge is 2.19. The number of sulfonamides is 1. The summed E-state index contributed by atoms with van der Waals surface area (Å²) in [5.74, 6) is 0.669. The highest BCUT2D eigenvalue weighted by atomic mass is 79.9. The van der Waals surface area contributed by atoms with Crippen LogP contribution in [0.25, 0.3) is 0 Å². The van der Waals surface area contributed by atoms with Crippen molar-refractivity contribution < 1.29 is 13.2 Å². The predicted octanol–water partition coefficient (Wildman–Crippen LogP) is 3.70. The Morgan fingerprint density at radius 1 is 1.33 bits per heavy atom. The zero-order valence-corrected chi connectivity index (χ0v) is 14.2. The van der Waals surface area contributed by atoms with E-state index in [1.807, 2.05) is 6.92 Å². The zero-order valence-electron chi connectivity index (χ0n) is 11.0. The van der Waals surface area contributed by atoms with Crippen molar-refractivity contribution in [2.75, 3.05) is 11.3 Å². The Morgan fingerprint density at radius 3 is 2.62 bits per heavy atom. The van der Waals surface area contributed by atoms with Gasteiger partial charge in [-0.05, 0) is 53.2 Å². The molecule has 21 heavy (non-hydrogen) atoms. The molecule has 8 heteroatoms. The number of anilines is 1. The Hall–Kier alpha value is -1.31. The summed E-state index contributed by atoms with van der Waals surface area (Å²) in [5.41, 5.74) is 0.412. The molecule has 0 saturated carbocycles. The minimum absolute atomic E-state index is 0.0864. The molecule has 1 heterocycles. The Bertz CT molecular complexity index is 736. The lowest BCUT2D eigenvalue weighted by atomic mass is 10.3. The van der Waals surface area contributed by atoms with Crippen molar-refractivity contribution in [1.29, 1.82) is 0 Å². The monoisotopic (exact) mass is 390 g/mol. The first-order chi connectivity index (χ1) is 9.92. The van der Waals surface area contributed by atoms with Gasteiger partial charge in [0, 0.05) is 16.4 Å². The summed E-state index contributed by atoms with van der Waals surface area (Å²) in [6, 6.07) is 7.99. The predicted molar refractivity (Wildman–Crippen MR) is 85.4 cm³/mol. The summed E-state index contributed by atoms with van der Waals surface area (Å²) in [4.78, 5) is 3.71. The van der Waals surface area contributed by atoms with Crippen LogP contribution in [0.4, 0.5) is 5.69 Å². The minimum Gasteiger partial charge on any atom is -0.494 e. The largest absolute Gasteiger partial charge is 0.494 e. The Morgan fingerprint density at radius 2 is 2.00 bits per heavy atom. The molecule has 0 saturated heterocycles. The zero-order chi connectivity index (χ0) is 15.5. The van der Waals surface area contributed by atoms with Gasteiger partial charge in [0.25, 0.3) is 10.0 Å². The Balaban J connectivity index is 2.26. The number of aromatic nitrogens is 1. The van der Waals surface area contributed by atoms with Crippen LogP contribution >= 0.6 is 27.5 Å². The molecule has 0 aliphatic heterocycles. The van der Waals surface area contributed by atoms with Crippen LogP contribution in [0.5, 0.6) is 5.75 Å². The molecule has 1 aromatic heterocycles. The number of rotatable bonds is 5. The topological polar surface area (TPSA) is 68.3 Å². The van der Waals surface area contributed by atoms with Gasteiger partial charge in [-0.1, -0.05) is 11.6 Å². The van der Waals surface area contributed by atoms with Gasteiger partial charge in [-0.3, -0.25) is 4.72 Å². The van der Waals surface area contributed by atoms with Crippen LogP contribution in [0.2, 0.25) is 5.15 Å². The van der Waals surface area contributed by atoms with Gasteiger partial charge in [-0.25, -0.2) is 13.4 Å². The summed E-state index contributed by atoms with van der Waals surface area (Å²) in [7, 11) is -3.81. The SMILES string of the molecule is CCOc1ccc(NS(=O)(=O)c2cc(Br)cnc2Cl)cc1. The van der Waals surface area contributed by atoms with E-state index in [9.17, 15) is 8.42 Å². The molecule has 112 valence electrons. The van der Waals surface area contributed by atoms with E-state index >= 15 is 0 Å². The summed E-state index contributed by atoms with van der Waals surface area (Å²) in [6.07, 6.45) is 1.43. The van der Waals surface area contributed by atoms with Crippen molar-refractivity contribution in [1.82, 2.24) is 4.98 Å². The van der Waals surface area contributed by atoms with Crippen LogP contribution in [0.1, 0.15) is 6.92 Å². The average molecular weight is 392 g/mol. The fourth-order valence-electron chi connectivity index (χ4n) is 1.59. The fourth-order valence-corrected chi connectivity index (χ4v) is 3.59. The highest BCUT2D eigenvalue weighted by molar-refractivity contribution is 9.10. The maximum absolute atomic E-state index is 12.3. The molecular weight excluding hydrogens is 380 g/mol. The summed E-state index contributed by atoms with van der Waals surface area (Å²) >= 11 is 9.01. The first-order valence-electron chi connectivity index (χ1n) is 5.99. The molecule has 5 nitrogen and oxygen atoms in total.